The third-order valence-electron chi connectivity index (χ3n) is 7.52. The molecule has 2 aromatic rings. The van der Waals surface area contributed by atoms with Gasteiger partial charge in [-0.1, -0.05) is 13.8 Å². The maximum absolute atomic E-state index is 12.9. The van der Waals surface area contributed by atoms with Crippen molar-refractivity contribution in [1.29, 1.82) is 5.26 Å². The number of nitrogens with one attached hydrogen (secondary N) is 2. The van der Waals surface area contributed by atoms with Crippen LogP contribution in [0.1, 0.15) is 60.6 Å². The van der Waals surface area contributed by atoms with Gasteiger partial charge in [0, 0.05) is 44.6 Å². The molecule has 1 saturated carbocycles. The van der Waals surface area contributed by atoms with Crippen molar-refractivity contribution >= 4 is 39.1 Å². The normalized spacial score (nSPS) is 23.7. The summed E-state index contributed by atoms with van der Waals surface area (Å²) in [7, 11) is -2.37. The lowest BCUT2D eigenvalue weighted by molar-refractivity contribution is -0.192. The predicted octanol–water partition coefficient (Wildman–Crippen LogP) is 4.12. The SMILES string of the molecule is COP(=O)(CCOC12C[C@H]1[C@@H](OP(OCCC#N)N(C(C)C)C(C)C)[C@H](n1cnc3c(=O)[nH]c(NC(=O)C(C)C)nc31)O2)OC. The summed E-state index contributed by atoms with van der Waals surface area (Å²) < 4.78 is 52.1. The Labute approximate surface area is 263 Å². The lowest BCUT2D eigenvalue weighted by Gasteiger charge is -2.37. The topological polar surface area (TPSA) is 192 Å². The van der Waals surface area contributed by atoms with Crippen LogP contribution in [0.5, 0.6) is 0 Å². The summed E-state index contributed by atoms with van der Waals surface area (Å²) in [5, 5.41) is 11.8. The summed E-state index contributed by atoms with van der Waals surface area (Å²) >= 11 is 0. The van der Waals surface area contributed by atoms with Crippen molar-refractivity contribution in [2.24, 2.45) is 11.8 Å². The second-order valence-corrected chi connectivity index (χ2v) is 15.5. The second-order valence-electron chi connectivity index (χ2n) is 11.7. The van der Waals surface area contributed by atoms with Gasteiger partial charge in [0.15, 0.2) is 23.2 Å². The molecule has 0 aromatic carbocycles. The Bertz CT molecular complexity index is 1480. The molecule has 18 heteroatoms. The van der Waals surface area contributed by atoms with Gasteiger partial charge in [-0.25, -0.2) is 9.65 Å². The number of nitrogens with zero attached hydrogens (tertiary/aromatic N) is 5. The summed E-state index contributed by atoms with van der Waals surface area (Å²) in [6, 6.07) is 2.21. The number of amides is 1. The minimum Gasteiger partial charge on any atom is -0.349 e. The standard InChI is InChI=1S/C27H43N7O9P2/c1-16(2)23(35)31-26-30-22-20(24(36)32-26)29-15-33(22)25-21(43-44(41-11-9-10-28)34(17(3)4)18(5)6)19-14-27(19,42-25)40-12-13-45(37,38-7)39-8/h15-19,21,25H,9,11-14H2,1-8H3,(H2,30,31,32,35,36)/t19-,21+,25+,27?,44?/m0/s1. The molecule has 250 valence electrons. The van der Waals surface area contributed by atoms with E-state index in [1.54, 1.807) is 18.4 Å². The predicted molar refractivity (Wildman–Crippen MR) is 165 cm³/mol. The smallest absolute Gasteiger partial charge is 0.332 e. The van der Waals surface area contributed by atoms with Crippen LogP contribution in [0, 0.1) is 23.2 Å². The van der Waals surface area contributed by atoms with E-state index in [0.717, 1.165) is 0 Å². The van der Waals surface area contributed by atoms with Gasteiger partial charge in [0.1, 0.15) is 6.10 Å². The van der Waals surface area contributed by atoms with Crippen molar-refractivity contribution < 1.29 is 36.9 Å². The number of rotatable bonds is 17. The van der Waals surface area contributed by atoms with Gasteiger partial charge >= 0.3 is 7.60 Å². The quantitative estimate of drug-likeness (QED) is 0.180. The molecule has 1 amide bonds. The fraction of sp³-hybridized carbons (Fsp3) is 0.741. The molecular weight excluding hydrogens is 628 g/mol. The Morgan fingerprint density at radius 3 is 2.56 bits per heavy atom. The van der Waals surface area contributed by atoms with Gasteiger partial charge in [-0.05, 0) is 27.7 Å². The van der Waals surface area contributed by atoms with Gasteiger partial charge in [0.2, 0.25) is 11.9 Å². The third kappa shape index (κ3) is 7.81. The molecule has 0 bridgehead atoms. The van der Waals surface area contributed by atoms with Gasteiger partial charge in [-0.15, -0.1) is 0 Å². The van der Waals surface area contributed by atoms with Crippen LogP contribution in [0.25, 0.3) is 11.2 Å². The van der Waals surface area contributed by atoms with E-state index in [4.69, 9.17) is 32.8 Å². The molecule has 2 aliphatic rings. The molecule has 3 heterocycles. The van der Waals surface area contributed by atoms with E-state index >= 15 is 0 Å². The molecule has 16 nitrogen and oxygen atoms in total. The van der Waals surface area contributed by atoms with Crippen molar-refractivity contribution in [3.63, 3.8) is 0 Å². The number of aromatic nitrogens is 4. The molecule has 4 rings (SSSR count). The molecule has 1 aliphatic heterocycles. The molecule has 5 atom stereocenters. The first kappa shape index (κ1) is 35.5. The van der Waals surface area contributed by atoms with Crippen LogP contribution in [-0.2, 0) is 36.9 Å². The van der Waals surface area contributed by atoms with Gasteiger partial charge in [-0.3, -0.25) is 29.0 Å². The Balaban J connectivity index is 1.71. The van der Waals surface area contributed by atoms with E-state index in [9.17, 15) is 14.2 Å². The lowest BCUT2D eigenvalue weighted by atomic mass is 10.2. The molecule has 2 N–H and O–H groups in total. The zero-order valence-electron chi connectivity index (χ0n) is 26.9. The van der Waals surface area contributed by atoms with Crippen LogP contribution in [0.2, 0.25) is 0 Å². The zero-order chi connectivity index (χ0) is 33.1. The van der Waals surface area contributed by atoms with Crippen LogP contribution in [0.3, 0.4) is 0 Å². The highest BCUT2D eigenvalue weighted by Crippen LogP contribution is 2.64. The summed E-state index contributed by atoms with van der Waals surface area (Å²) in [4.78, 5) is 36.7. The van der Waals surface area contributed by atoms with E-state index < -0.39 is 39.8 Å². The van der Waals surface area contributed by atoms with E-state index in [0.29, 0.717) is 6.42 Å². The molecule has 2 fully saturated rings. The van der Waals surface area contributed by atoms with Crippen molar-refractivity contribution in [2.45, 2.75) is 84.6 Å². The second kappa shape index (κ2) is 14.6. The molecule has 2 aromatic heterocycles. The zero-order valence-corrected chi connectivity index (χ0v) is 28.7. The molecule has 2 unspecified atom stereocenters. The Kier molecular flexibility index (Phi) is 11.6. The molecule has 1 aliphatic carbocycles. The van der Waals surface area contributed by atoms with E-state index in [-0.39, 0.29) is 72.7 Å². The highest BCUT2D eigenvalue weighted by atomic mass is 31.2. The van der Waals surface area contributed by atoms with Gasteiger partial charge in [0.05, 0.1) is 38.2 Å². The number of imidazole rings is 1. The molecule has 45 heavy (non-hydrogen) atoms. The minimum atomic E-state index is -3.32. The molecule has 1 saturated heterocycles. The summed E-state index contributed by atoms with van der Waals surface area (Å²) in [6.45, 7) is 11.8. The number of hydrogen-bond donors (Lipinski definition) is 2. The van der Waals surface area contributed by atoms with Crippen LogP contribution in [0.15, 0.2) is 11.1 Å². The van der Waals surface area contributed by atoms with Crippen LogP contribution in [0.4, 0.5) is 5.95 Å². The first-order valence-corrected chi connectivity index (χ1v) is 17.7. The highest BCUT2D eigenvalue weighted by Gasteiger charge is 2.71. The minimum absolute atomic E-state index is 0.0102. The van der Waals surface area contributed by atoms with Crippen molar-refractivity contribution in [1.82, 2.24) is 24.2 Å². The third-order valence-corrected chi connectivity index (χ3v) is 11.5. The summed E-state index contributed by atoms with van der Waals surface area (Å²) in [6.07, 6.45) is 0.610. The highest BCUT2D eigenvalue weighted by molar-refractivity contribution is 7.53. The van der Waals surface area contributed by atoms with Gasteiger partial charge in [-0.2, -0.15) is 10.2 Å². The number of fused-ring (bicyclic) bond motifs is 2. The maximum atomic E-state index is 12.9. The fourth-order valence-corrected chi connectivity index (χ4v) is 7.77. The van der Waals surface area contributed by atoms with E-state index in [1.165, 1.54) is 20.5 Å². The first-order valence-electron chi connectivity index (χ1n) is 14.8. The van der Waals surface area contributed by atoms with Crippen LogP contribution in [-0.4, -0.2) is 87.7 Å². The molecule has 0 radical (unpaired) electrons. The van der Waals surface area contributed by atoms with Crippen molar-refractivity contribution in [3.05, 3.63) is 16.7 Å². The summed E-state index contributed by atoms with van der Waals surface area (Å²) in [5.74, 6) is -2.03. The average Bonchev–Trinajstić information content (AvgIpc) is 3.36. The number of aromatic amines is 1. The van der Waals surface area contributed by atoms with E-state index in [1.807, 2.05) is 27.7 Å². The number of carbonyl (C=O) groups excluding carboxylic acids is 1. The average molecular weight is 672 g/mol. The number of anilines is 1. The fourth-order valence-electron chi connectivity index (χ4n) is 5.18. The maximum Gasteiger partial charge on any atom is 0.332 e. The number of ether oxygens (including phenoxy) is 2. The number of hydrogen-bond acceptors (Lipinski definition) is 13. The lowest BCUT2D eigenvalue weighted by Crippen LogP contribution is -2.36. The van der Waals surface area contributed by atoms with Crippen molar-refractivity contribution in [3.8, 4) is 6.07 Å². The molecule has 0 spiro atoms. The van der Waals surface area contributed by atoms with Crippen LogP contribution >= 0.6 is 16.1 Å². The number of nitriles is 1. The van der Waals surface area contributed by atoms with Crippen molar-refractivity contribution in [2.75, 3.05) is 38.9 Å². The Hall–Kier alpha value is -2.31. The first-order chi connectivity index (χ1) is 21.3. The monoisotopic (exact) mass is 671 g/mol. The number of H-pyrrole nitrogens is 1. The molecular formula is C27H43N7O9P2. The largest absolute Gasteiger partial charge is 0.349 e. The Morgan fingerprint density at radius 1 is 1.27 bits per heavy atom. The van der Waals surface area contributed by atoms with Crippen LogP contribution < -0.4 is 10.9 Å². The Morgan fingerprint density at radius 2 is 1.96 bits per heavy atom. The van der Waals surface area contributed by atoms with Gasteiger partial charge in [0.25, 0.3) is 14.1 Å². The summed E-state index contributed by atoms with van der Waals surface area (Å²) in [5.41, 5.74) is -0.308. The number of carbonyl (C=O) groups is 1. The van der Waals surface area contributed by atoms with Gasteiger partial charge < -0.3 is 27.6 Å². The van der Waals surface area contributed by atoms with E-state index in [2.05, 4.69) is 31.0 Å².